The molecule has 2 heterocycles. The minimum atomic E-state index is -0.497. The summed E-state index contributed by atoms with van der Waals surface area (Å²) in [5.74, 6) is -0.0370. The van der Waals surface area contributed by atoms with Gasteiger partial charge in [-0.2, -0.15) is 0 Å². The highest BCUT2D eigenvalue weighted by Crippen LogP contribution is 2.30. The number of carbonyl (C=O) groups is 3. The van der Waals surface area contributed by atoms with E-state index in [9.17, 15) is 14.4 Å². The van der Waals surface area contributed by atoms with Gasteiger partial charge in [-0.1, -0.05) is 0 Å². The highest BCUT2D eigenvalue weighted by molar-refractivity contribution is 5.99. The van der Waals surface area contributed by atoms with E-state index in [2.05, 4.69) is 16.0 Å². The van der Waals surface area contributed by atoms with E-state index in [-0.39, 0.29) is 24.3 Å². The van der Waals surface area contributed by atoms with Gasteiger partial charge in [-0.15, -0.1) is 0 Å². The third kappa shape index (κ3) is 2.96. The molecule has 0 bridgehead atoms. The van der Waals surface area contributed by atoms with Crippen molar-refractivity contribution < 1.29 is 19.1 Å². The summed E-state index contributed by atoms with van der Waals surface area (Å²) < 4.78 is 5.29. The van der Waals surface area contributed by atoms with E-state index in [4.69, 9.17) is 4.74 Å². The molecule has 3 N–H and O–H groups in total. The first kappa shape index (κ1) is 13.4. The zero-order chi connectivity index (χ0) is 14.8. The largest absolute Gasteiger partial charge is 0.482 e. The lowest BCUT2D eigenvalue weighted by Gasteiger charge is -2.23. The van der Waals surface area contributed by atoms with Gasteiger partial charge in [-0.05, 0) is 25.0 Å². The Labute approximate surface area is 121 Å². The van der Waals surface area contributed by atoms with Crippen LogP contribution >= 0.6 is 0 Å². The molecule has 1 aromatic carbocycles. The summed E-state index contributed by atoms with van der Waals surface area (Å²) in [6.45, 7) is -0.0386. The van der Waals surface area contributed by atoms with E-state index >= 15 is 0 Å². The maximum atomic E-state index is 12.1. The van der Waals surface area contributed by atoms with Crippen LogP contribution in [0.5, 0.6) is 5.75 Å². The Balaban J connectivity index is 1.69. The maximum absolute atomic E-state index is 12.1. The quantitative estimate of drug-likeness (QED) is 0.743. The zero-order valence-electron chi connectivity index (χ0n) is 11.3. The number of benzene rings is 1. The Hall–Kier alpha value is -2.57. The number of amides is 3. The van der Waals surface area contributed by atoms with Crippen LogP contribution in [-0.4, -0.2) is 30.4 Å². The van der Waals surface area contributed by atoms with Crippen molar-refractivity contribution in [3.63, 3.8) is 0 Å². The number of ether oxygens (including phenoxy) is 1. The standard InChI is InChI=1S/C14H15N3O4/c18-12-3-1-2-10(17-12)14(20)15-8-4-5-9-11(6-8)21-7-13(19)16-9/h4-6,10H,1-3,7H2,(H,15,20)(H,16,19)(H,17,18)/t10-/m1/s1. The van der Waals surface area contributed by atoms with Gasteiger partial charge in [0.1, 0.15) is 11.8 Å². The number of anilines is 2. The number of fused-ring (bicyclic) bond motifs is 1. The molecule has 3 rings (SSSR count). The van der Waals surface area contributed by atoms with Crippen molar-refractivity contribution in [2.24, 2.45) is 0 Å². The summed E-state index contributed by atoms with van der Waals surface area (Å²) in [4.78, 5) is 34.6. The Bertz CT molecular complexity index is 614. The third-order valence-electron chi connectivity index (χ3n) is 3.43. The predicted octanol–water partition coefficient (Wildman–Crippen LogP) is 0.625. The Morgan fingerprint density at radius 1 is 1.29 bits per heavy atom. The second kappa shape index (κ2) is 5.43. The maximum Gasteiger partial charge on any atom is 0.262 e. The molecular weight excluding hydrogens is 274 g/mol. The fourth-order valence-electron chi connectivity index (χ4n) is 2.38. The van der Waals surface area contributed by atoms with Gasteiger partial charge in [-0.3, -0.25) is 14.4 Å². The number of nitrogens with one attached hydrogen (secondary N) is 3. The van der Waals surface area contributed by atoms with Gasteiger partial charge in [-0.25, -0.2) is 0 Å². The first-order valence-electron chi connectivity index (χ1n) is 6.79. The molecule has 0 aromatic heterocycles. The second-order valence-electron chi connectivity index (χ2n) is 5.05. The molecule has 1 saturated heterocycles. The van der Waals surface area contributed by atoms with Gasteiger partial charge >= 0.3 is 0 Å². The summed E-state index contributed by atoms with van der Waals surface area (Å²) in [6.07, 6.45) is 1.81. The number of rotatable bonds is 2. The molecule has 0 saturated carbocycles. The molecule has 21 heavy (non-hydrogen) atoms. The van der Waals surface area contributed by atoms with Gasteiger partial charge in [0.05, 0.1) is 5.69 Å². The van der Waals surface area contributed by atoms with Crippen LogP contribution in [-0.2, 0) is 14.4 Å². The van der Waals surface area contributed by atoms with Crippen LogP contribution in [0.3, 0.4) is 0 Å². The van der Waals surface area contributed by atoms with Crippen LogP contribution in [0.15, 0.2) is 18.2 Å². The van der Waals surface area contributed by atoms with Crippen molar-refractivity contribution in [1.82, 2.24) is 5.32 Å². The third-order valence-corrected chi connectivity index (χ3v) is 3.43. The molecular formula is C14H15N3O4. The van der Waals surface area contributed by atoms with Crippen molar-refractivity contribution in [1.29, 1.82) is 0 Å². The Kier molecular flexibility index (Phi) is 3.47. The predicted molar refractivity (Wildman–Crippen MR) is 75.0 cm³/mol. The molecule has 0 radical (unpaired) electrons. The fourth-order valence-corrected chi connectivity index (χ4v) is 2.38. The van der Waals surface area contributed by atoms with Gasteiger partial charge in [0.25, 0.3) is 5.91 Å². The summed E-state index contributed by atoms with van der Waals surface area (Å²) in [7, 11) is 0. The molecule has 2 aliphatic rings. The van der Waals surface area contributed by atoms with Crippen LogP contribution in [0.4, 0.5) is 11.4 Å². The molecule has 1 fully saturated rings. The smallest absolute Gasteiger partial charge is 0.262 e. The minimum absolute atomic E-state index is 0.0386. The van der Waals surface area contributed by atoms with Crippen LogP contribution in [0.1, 0.15) is 19.3 Å². The number of hydrogen-bond acceptors (Lipinski definition) is 4. The normalized spacial score (nSPS) is 20.7. The molecule has 7 heteroatoms. The topological polar surface area (TPSA) is 96.5 Å². The highest BCUT2D eigenvalue weighted by Gasteiger charge is 2.25. The summed E-state index contributed by atoms with van der Waals surface area (Å²) in [5, 5.41) is 8.09. The van der Waals surface area contributed by atoms with E-state index < -0.39 is 6.04 Å². The monoisotopic (exact) mass is 289 g/mol. The van der Waals surface area contributed by atoms with Crippen LogP contribution in [0.2, 0.25) is 0 Å². The molecule has 110 valence electrons. The second-order valence-corrected chi connectivity index (χ2v) is 5.05. The summed E-state index contributed by atoms with van der Waals surface area (Å²) in [6, 6.07) is 4.50. The molecule has 7 nitrogen and oxygen atoms in total. The van der Waals surface area contributed by atoms with E-state index in [1.807, 2.05) is 0 Å². The molecule has 1 aromatic rings. The van der Waals surface area contributed by atoms with Crippen molar-refractivity contribution in [2.75, 3.05) is 17.2 Å². The van der Waals surface area contributed by atoms with Crippen molar-refractivity contribution in [2.45, 2.75) is 25.3 Å². The molecule has 0 aliphatic carbocycles. The lowest BCUT2D eigenvalue weighted by Crippen LogP contribution is -2.46. The first-order chi connectivity index (χ1) is 10.1. The minimum Gasteiger partial charge on any atom is -0.482 e. The zero-order valence-corrected chi connectivity index (χ0v) is 11.3. The Morgan fingerprint density at radius 2 is 2.14 bits per heavy atom. The summed E-state index contributed by atoms with van der Waals surface area (Å²) >= 11 is 0. The van der Waals surface area contributed by atoms with E-state index in [0.717, 1.165) is 0 Å². The average Bonchev–Trinajstić information content (AvgIpc) is 2.47. The number of carbonyl (C=O) groups excluding carboxylic acids is 3. The summed E-state index contributed by atoms with van der Waals surface area (Å²) in [5.41, 5.74) is 1.14. The van der Waals surface area contributed by atoms with Gasteiger partial charge in [0.15, 0.2) is 6.61 Å². The molecule has 0 unspecified atom stereocenters. The van der Waals surface area contributed by atoms with Crippen LogP contribution in [0.25, 0.3) is 0 Å². The first-order valence-corrected chi connectivity index (χ1v) is 6.79. The van der Waals surface area contributed by atoms with Crippen molar-refractivity contribution in [3.8, 4) is 5.75 Å². The van der Waals surface area contributed by atoms with Gasteiger partial charge < -0.3 is 20.7 Å². The molecule has 1 atom stereocenters. The Morgan fingerprint density at radius 3 is 2.95 bits per heavy atom. The van der Waals surface area contributed by atoms with E-state index in [1.54, 1.807) is 18.2 Å². The molecule has 0 spiro atoms. The van der Waals surface area contributed by atoms with Crippen molar-refractivity contribution in [3.05, 3.63) is 18.2 Å². The van der Waals surface area contributed by atoms with Gasteiger partial charge in [0, 0.05) is 18.2 Å². The van der Waals surface area contributed by atoms with E-state index in [0.29, 0.717) is 36.4 Å². The fraction of sp³-hybridized carbons (Fsp3) is 0.357. The molecule has 2 aliphatic heterocycles. The van der Waals surface area contributed by atoms with Crippen LogP contribution < -0.4 is 20.7 Å². The highest BCUT2D eigenvalue weighted by atomic mass is 16.5. The lowest BCUT2D eigenvalue weighted by molar-refractivity contribution is -0.128. The SMILES string of the molecule is O=C1COc2cc(NC(=O)[C@H]3CCCC(=O)N3)ccc2N1. The number of hydrogen-bond donors (Lipinski definition) is 3. The van der Waals surface area contributed by atoms with Crippen LogP contribution in [0, 0.1) is 0 Å². The molecule has 3 amide bonds. The number of piperidine rings is 1. The average molecular weight is 289 g/mol. The van der Waals surface area contributed by atoms with Gasteiger partial charge in [0.2, 0.25) is 11.8 Å². The van der Waals surface area contributed by atoms with E-state index in [1.165, 1.54) is 0 Å². The lowest BCUT2D eigenvalue weighted by atomic mass is 10.0. The van der Waals surface area contributed by atoms with Crippen molar-refractivity contribution >= 4 is 29.1 Å².